The summed E-state index contributed by atoms with van der Waals surface area (Å²) in [4.78, 5) is 14.3. The molecule has 128 valence electrons. The van der Waals surface area contributed by atoms with Crippen LogP contribution in [-0.4, -0.2) is 33.2 Å². The number of benzene rings is 2. The predicted octanol–water partition coefficient (Wildman–Crippen LogP) is 3.44. The number of methoxy groups -OCH3 is 1. The van der Waals surface area contributed by atoms with Crippen LogP contribution in [0.25, 0.3) is 0 Å². The van der Waals surface area contributed by atoms with Crippen LogP contribution in [0.4, 0.5) is 21.5 Å². The van der Waals surface area contributed by atoms with Gasteiger partial charge < -0.3 is 14.5 Å². The van der Waals surface area contributed by atoms with Crippen molar-refractivity contribution in [2.24, 2.45) is 0 Å². The molecule has 0 aliphatic heterocycles. The molecule has 2 rings (SSSR count). The highest BCUT2D eigenvalue weighted by atomic mass is 19.1. The normalized spacial score (nSPS) is 10.4. The molecule has 2 aromatic rings. The van der Waals surface area contributed by atoms with Gasteiger partial charge in [-0.25, -0.2) is 4.39 Å². The molecule has 0 aromatic heterocycles. The molecule has 0 bridgehead atoms. The van der Waals surface area contributed by atoms with E-state index >= 15 is 0 Å². The van der Waals surface area contributed by atoms with Gasteiger partial charge in [0, 0.05) is 39.4 Å². The molecule has 0 unspecified atom stereocenters. The zero-order valence-electron chi connectivity index (χ0n) is 14.1. The molecule has 0 heterocycles. The standard InChI is InChI=1S/C17H20FN3O3/c1-19(2)13-7-5-6-12(8-13)11-20(3)15-10-17(24-4)14(18)9-16(15)21(22)23/h5-10H,11H2,1-4H3. The summed E-state index contributed by atoms with van der Waals surface area (Å²) in [6, 6.07) is 10.1. The van der Waals surface area contributed by atoms with Crippen LogP contribution in [0, 0.1) is 15.9 Å². The highest BCUT2D eigenvalue weighted by Crippen LogP contribution is 2.34. The maximum Gasteiger partial charge on any atom is 0.295 e. The van der Waals surface area contributed by atoms with Gasteiger partial charge in [0.1, 0.15) is 5.69 Å². The van der Waals surface area contributed by atoms with Crippen LogP contribution in [0.3, 0.4) is 0 Å². The van der Waals surface area contributed by atoms with E-state index in [9.17, 15) is 14.5 Å². The summed E-state index contributed by atoms with van der Waals surface area (Å²) in [7, 11) is 6.94. The molecule has 0 spiro atoms. The molecule has 0 aliphatic rings. The van der Waals surface area contributed by atoms with E-state index in [0.717, 1.165) is 17.3 Å². The molecule has 0 amide bonds. The summed E-state index contributed by atoms with van der Waals surface area (Å²) in [5, 5.41) is 11.2. The van der Waals surface area contributed by atoms with Gasteiger partial charge in [0.25, 0.3) is 5.69 Å². The Kier molecular flexibility index (Phi) is 5.23. The number of nitro groups is 1. The average molecular weight is 333 g/mol. The highest BCUT2D eigenvalue weighted by molar-refractivity contribution is 5.66. The first kappa shape index (κ1) is 17.5. The number of anilines is 2. The third-order valence-corrected chi connectivity index (χ3v) is 3.70. The smallest absolute Gasteiger partial charge is 0.295 e. The topological polar surface area (TPSA) is 58.8 Å². The molecule has 24 heavy (non-hydrogen) atoms. The second-order valence-electron chi connectivity index (χ2n) is 5.65. The predicted molar refractivity (Wildman–Crippen MR) is 92.5 cm³/mol. The molecule has 0 saturated heterocycles. The van der Waals surface area contributed by atoms with Crippen LogP contribution in [0.1, 0.15) is 5.56 Å². The molecular formula is C17H20FN3O3. The van der Waals surface area contributed by atoms with E-state index in [2.05, 4.69) is 0 Å². The van der Waals surface area contributed by atoms with Gasteiger partial charge in [-0.2, -0.15) is 0 Å². The van der Waals surface area contributed by atoms with E-state index in [1.165, 1.54) is 13.2 Å². The molecule has 0 saturated carbocycles. The van der Waals surface area contributed by atoms with E-state index in [-0.39, 0.29) is 11.4 Å². The first-order valence-electron chi connectivity index (χ1n) is 7.32. The van der Waals surface area contributed by atoms with Crippen LogP contribution in [0.2, 0.25) is 0 Å². The van der Waals surface area contributed by atoms with Crippen LogP contribution in [0.5, 0.6) is 5.75 Å². The van der Waals surface area contributed by atoms with E-state index in [1.807, 2.05) is 43.3 Å². The number of nitrogens with zero attached hydrogens (tertiary/aromatic N) is 3. The summed E-state index contributed by atoms with van der Waals surface area (Å²) >= 11 is 0. The van der Waals surface area contributed by atoms with Gasteiger partial charge in [-0.05, 0) is 17.7 Å². The zero-order valence-corrected chi connectivity index (χ0v) is 14.1. The molecule has 0 fully saturated rings. The third-order valence-electron chi connectivity index (χ3n) is 3.70. The third kappa shape index (κ3) is 3.73. The maximum absolute atomic E-state index is 13.8. The van der Waals surface area contributed by atoms with Crippen molar-refractivity contribution in [1.82, 2.24) is 0 Å². The van der Waals surface area contributed by atoms with Gasteiger partial charge in [0.05, 0.1) is 18.1 Å². The monoisotopic (exact) mass is 333 g/mol. The number of ether oxygens (including phenoxy) is 1. The van der Waals surface area contributed by atoms with Crippen molar-refractivity contribution < 1.29 is 14.1 Å². The fraction of sp³-hybridized carbons (Fsp3) is 0.294. The Morgan fingerprint density at radius 2 is 1.92 bits per heavy atom. The first-order chi connectivity index (χ1) is 11.3. The molecule has 6 nitrogen and oxygen atoms in total. The molecule has 7 heteroatoms. The number of hydrogen-bond donors (Lipinski definition) is 0. The lowest BCUT2D eigenvalue weighted by atomic mass is 10.1. The van der Waals surface area contributed by atoms with E-state index in [1.54, 1.807) is 11.9 Å². The molecule has 0 N–H and O–H groups in total. The van der Waals surface area contributed by atoms with Crippen LogP contribution >= 0.6 is 0 Å². The number of rotatable bonds is 6. The molecule has 2 aromatic carbocycles. The quantitative estimate of drug-likeness (QED) is 0.599. The van der Waals surface area contributed by atoms with Crippen molar-refractivity contribution >= 4 is 17.1 Å². The fourth-order valence-corrected chi connectivity index (χ4v) is 2.43. The summed E-state index contributed by atoms with van der Waals surface area (Å²) in [6.07, 6.45) is 0. The first-order valence-corrected chi connectivity index (χ1v) is 7.32. The van der Waals surface area contributed by atoms with Gasteiger partial charge in [0.15, 0.2) is 11.6 Å². The number of halogens is 1. The van der Waals surface area contributed by atoms with Gasteiger partial charge in [-0.3, -0.25) is 10.1 Å². The lowest BCUT2D eigenvalue weighted by Crippen LogP contribution is -2.18. The second kappa shape index (κ2) is 7.16. The average Bonchev–Trinajstić information content (AvgIpc) is 2.54. The minimum atomic E-state index is -0.754. The van der Waals surface area contributed by atoms with Crippen LogP contribution in [0.15, 0.2) is 36.4 Å². The van der Waals surface area contributed by atoms with Crippen molar-refractivity contribution in [3.05, 3.63) is 57.9 Å². The van der Waals surface area contributed by atoms with Gasteiger partial charge in [-0.15, -0.1) is 0 Å². The van der Waals surface area contributed by atoms with Crippen molar-refractivity contribution in [3.8, 4) is 5.75 Å². The minimum Gasteiger partial charge on any atom is -0.494 e. The molecular weight excluding hydrogens is 313 g/mol. The second-order valence-corrected chi connectivity index (χ2v) is 5.65. The molecule has 0 atom stereocenters. The van der Waals surface area contributed by atoms with E-state index in [0.29, 0.717) is 12.2 Å². The van der Waals surface area contributed by atoms with Gasteiger partial charge in [-0.1, -0.05) is 12.1 Å². The number of nitro benzene ring substituents is 1. The van der Waals surface area contributed by atoms with E-state index in [4.69, 9.17) is 4.74 Å². The van der Waals surface area contributed by atoms with Crippen molar-refractivity contribution in [1.29, 1.82) is 0 Å². The number of hydrogen-bond acceptors (Lipinski definition) is 5. The van der Waals surface area contributed by atoms with Crippen LogP contribution < -0.4 is 14.5 Å². The Labute approximate surface area is 140 Å². The van der Waals surface area contributed by atoms with Crippen molar-refractivity contribution in [2.45, 2.75) is 6.54 Å². The Morgan fingerprint density at radius 3 is 2.50 bits per heavy atom. The molecule has 0 aliphatic carbocycles. The maximum atomic E-state index is 13.8. The summed E-state index contributed by atoms with van der Waals surface area (Å²) in [5.41, 5.74) is 2.03. The van der Waals surface area contributed by atoms with Crippen LogP contribution in [-0.2, 0) is 6.54 Å². The Hall–Kier alpha value is -2.83. The zero-order chi connectivity index (χ0) is 17.9. The summed E-state index contributed by atoms with van der Waals surface area (Å²) in [6.45, 7) is 0.442. The lowest BCUT2D eigenvalue weighted by Gasteiger charge is -2.21. The van der Waals surface area contributed by atoms with Crippen molar-refractivity contribution in [3.63, 3.8) is 0 Å². The van der Waals surface area contributed by atoms with Gasteiger partial charge in [0.2, 0.25) is 0 Å². The summed E-state index contributed by atoms with van der Waals surface area (Å²) in [5.74, 6) is -0.777. The SMILES string of the molecule is COc1cc(N(C)Cc2cccc(N(C)C)c2)c([N+](=O)[O-])cc1F. The Balaban J connectivity index is 2.37. The highest BCUT2D eigenvalue weighted by Gasteiger charge is 2.22. The molecule has 0 radical (unpaired) electrons. The Bertz CT molecular complexity index is 750. The fourth-order valence-electron chi connectivity index (χ4n) is 2.43. The van der Waals surface area contributed by atoms with Crippen molar-refractivity contribution in [2.75, 3.05) is 38.1 Å². The Morgan fingerprint density at radius 1 is 1.21 bits per heavy atom. The minimum absolute atomic E-state index is 0.0236. The van der Waals surface area contributed by atoms with E-state index < -0.39 is 10.7 Å². The largest absolute Gasteiger partial charge is 0.494 e. The summed E-state index contributed by atoms with van der Waals surface area (Å²) < 4.78 is 18.7. The lowest BCUT2D eigenvalue weighted by molar-refractivity contribution is -0.384. The van der Waals surface area contributed by atoms with Gasteiger partial charge >= 0.3 is 0 Å².